The fourth-order valence-electron chi connectivity index (χ4n) is 1.60. The quantitative estimate of drug-likeness (QED) is 0.907. The lowest BCUT2D eigenvalue weighted by Crippen LogP contribution is -2.24. The molecule has 2 aromatic rings. The van der Waals surface area contributed by atoms with E-state index in [0.717, 1.165) is 5.56 Å². The average molecular weight is 280 g/mol. The van der Waals surface area contributed by atoms with E-state index in [-0.39, 0.29) is 22.9 Å². The molecule has 5 heteroatoms. The number of halogens is 2. The Morgan fingerprint density at radius 3 is 2.53 bits per heavy atom. The lowest BCUT2D eigenvalue weighted by molar-refractivity contribution is 0.0947. The smallest absolute Gasteiger partial charge is 0.256 e. The third kappa shape index (κ3) is 3.23. The normalized spacial score (nSPS) is 10.2. The molecule has 0 radical (unpaired) electrons. The van der Waals surface area contributed by atoms with Crippen LogP contribution in [0.25, 0.3) is 0 Å². The molecule has 3 nitrogen and oxygen atoms in total. The van der Waals surface area contributed by atoms with Gasteiger partial charge in [0.25, 0.3) is 5.91 Å². The lowest BCUT2D eigenvalue weighted by atomic mass is 10.1. The van der Waals surface area contributed by atoms with E-state index in [2.05, 4.69) is 5.32 Å². The van der Waals surface area contributed by atoms with Gasteiger partial charge in [-0.05, 0) is 29.8 Å². The number of hydrogen-bond donors (Lipinski definition) is 2. The first kappa shape index (κ1) is 13.4. The molecule has 1 amide bonds. The number of amides is 1. The van der Waals surface area contributed by atoms with Crippen LogP contribution in [-0.4, -0.2) is 11.0 Å². The molecule has 0 aliphatic carbocycles. The largest absolute Gasteiger partial charge is 0.508 e. The zero-order valence-electron chi connectivity index (χ0n) is 9.86. The minimum atomic E-state index is -0.657. The standard InChI is InChI=1S/C14H11ClFNO2/c15-11-2-1-3-12(16)13(11)14(19)17-8-9-4-6-10(18)7-5-9/h1-7,18H,8H2,(H,17,19). The van der Waals surface area contributed by atoms with Gasteiger partial charge in [0.2, 0.25) is 0 Å². The van der Waals surface area contributed by atoms with Gasteiger partial charge in [0, 0.05) is 6.54 Å². The van der Waals surface area contributed by atoms with Crippen LogP contribution in [0.5, 0.6) is 5.75 Å². The Balaban J connectivity index is 2.07. The first-order valence-electron chi connectivity index (χ1n) is 5.58. The van der Waals surface area contributed by atoms with Gasteiger partial charge in [-0.2, -0.15) is 0 Å². The van der Waals surface area contributed by atoms with Crippen LogP contribution in [0.2, 0.25) is 5.02 Å². The van der Waals surface area contributed by atoms with Crippen LogP contribution < -0.4 is 5.32 Å². The van der Waals surface area contributed by atoms with Crippen molar-refractivity contribution in [1.82, 2.24) is 5.32 Å². The van der Waals surface area contributed by atoms with Crippen molar-refractivity contribution in [2.24, 2.45) is 0 Å². The highest BCUT2D eigenvalue weighted by Gasteiger charge is 2.15. The lowest BCUT2D eigenvalue weighted by Gasteiger charge is -2.07. The van der Waals surface area contributed by atoms with Crippen LogP contribution in [0.15, 0.2) is 42.5 Å². The summed E-state index contributed by atoms with van der Waals surface area (Å²) in [5.74, 6) is -1.08. The molecule has 0 aromatic heterocycles. The van der Waals surface area contributed by atoms with Gasteiger partial charge >= 0.3 is 0 Å². The second-order valence-corrected chi connectivity index (χ2v) is 4.35. The molecular formula is C14H11ClFNO2. The van der Waals surface area contributed by atoms with Crippen molar-refractivity contribution in [3.8, 4) is 5.75 Å². The van der Waals surface area contributed by atoms with Gasteiger partial charge in [0.05, 0.1) is 10.6 Å². The number of rotatable bonds is 3. The molecule has 0 atom stereocenters. The van der Waals surface area contributed by atoms with Gasteiger partial charge in [-0.15, -0.1) is 0 Å². The number of carbonyl (C=O) groups is 1. The Labute approximate surface area is 114 Å². The van der Waals surface area contributed by atoms with Crippen LogP contribution in [0, 0.1) is 5.82 Å². The van der Waals surface area contributed by atoms with E-state index in [4.69, 9.17) is 16.7 Å². The van der Waals surface area contributed by atoms with Gasteiger partial charge in [-0.1, -0.05) is 29.8 Å². The first-order valence-corrected chi connectivity index (χ1v) is 5.96. The zero-order chi connectivity index (χ0) is 13.8. The Hall–Kier alpha value is -2.07. The molecule has 2 N–H and O–H groups in total. The molecule has 19 heavy (non-hydrogen) atoms. The molecule has 0 spiro atoms. The summed E-state index contributed by atoms with van der Waals surface area (Å²) in [6, 6.07) is 10.4. The maximum Gasteiger partial charge on any atom is 0.256 e. The molecule has 0 saturated carbocycles. The first-order chi connectivity index (χ1) is 9.08. The van der Waals surface area contributed by atoms with Gasteiger partial charge < -0.3 is 10.4 Å². The summed E-state index contributed by atoms with van der Waals surface area (Å²) in [5.41, 5.74) is 0.626. The Bertz CT molecular complexity index is 579. The third-order valence-corrected chi connectivity index (χ3v) is 2.89. The monoisotopic (exact) mass is 279 g/mol. The van der Waals surface area contributed by atoms with Gasteiger partial charge in [0.15, 0.2) is 0 Å². The highest BCUT2D eigenvalue weighted by atomic mass is 35.5. The summed E-state index contributed by atoms with van der Waals surface area (Å²) in [6.07, 6.45) is 0. The molecule has 0 aliphatic heterocycles. The summed E-state index contributed by atoms with van der Waals surface area (Å²) in [4.78, 5) is 11.8. The summed E-state index contributed by atoms with van der Waals surface area (Å²) in [6.45, 7) is 0.226. The van der Waals surface area contributed by atoms with E-state index < -0.39 is 11.7 Å². The van der Waals surface area contributed by atoms with Crippen molar-refractivity contribution in [2.75, 3.05) is 0 Å². The van der Waals surface area contributed by atoms with Crippen LogP contribution in [0.4, 0.5) is 4.39 Å². The van der Waals surface area contributed by atoms with Crippen LogP contribution in [-0.2, 0) is 6.54 Å². The number of nitrogens with one attached hydrogen (secondary N) is 1. The Morgan fingerprint density at radius 1 is 1.21 bits per heavy atom. The van der Waals surface area contributed by atoms with E-state index in [1.807, 2.05) is 0 Å². The molecule has 0 unspecified atom stereocenters. The van der Waals surface area contributed by atoms with E-state index in [9.17, 15) is 9.18 Å². The van der Waals surface area contributed by atoms with Crippen LogP contribution in [0.1, 0.15) is 15.9 Å². The molecule has 0 saturated heterocycles. The fraction of sp³-hybridized carbons (Fsp3) is 0.0714. The molecule has 2 aromatic carbocycles. The zero-order valence-corrected chi connectivity index (χ0v) is 10.6. The maximum atomic E-state index is 13.5. The second-order valence-electron chi connectivity index (χ2n) is 3.95. The summed E-state index contributed by atoms with van der Waals surface area (Å²) in [5, 5.41) is 11.8. The second kappa shape index (κ2) is 5.71. The number of phenolic OH excluding ortho intramolecular Hbond substituents is 1. The van der Waals surface area contributed by atoms with Gasteiger partial charge in [-0.25, -0.2) is 4.39 Å². The predicted molar refractivity (Wildman–Crippen MR) is 70.7 cm³/mol. The van der Waals surface area contributed by atoms with Crippen molar-refractivity contribution in [3.63, 3.8) is 0 Å². The van der Waals surface area contributed by atoms with Crippen molar-refractivity contribution in [1.29, 1.82) is 0 Å². The average Bonchev–Trinajstić information content (AvgIpc) is 2.38. The van der Waals surface area contributed by atoms with E-state index >= 15 is 0 Å². The molecule has 98 valence electrons. The molecule has 0 aliphatic rings. The molecular weight excluding hydrogens is 269 g/mol. The number of carbonyl (C=O) groups excluding carboxylic acids is 1. The maximum absolute atomic E-state index is 13.5. The van der Waals surface area contributed by atoms with E-state index in [1.165, 1.54) is 30.3 Å². The van der Waals surface area contributed by atoms with Gasteiger partial charge in [0.1, 0.15) is 11.6 Å². The predicted octanol–water partition coefficient (Wildman–Crippen LogP) is 3.11. The highest BCUT2D eigenvalue weighted by molar-refractivity contribution is 6.33. The SMILES string of the molecule is O=C(NCc1ccc(O)cc1)c1c(F)cccc1Cl. The summed E-state index contributed by atoms with van der Waals surface area (Å²) >= 11 is 5.79. The van der Waals surface area contributed by atoms with Crippen LogP contribution in [0.3, 0.4) is 0 Å². The minimum absolute atomic E-state index is 0.0724. The van der Waals surface area contributed by atoms with E-state index in [1.54, 1.807) is 12.1 Å². The topological polar surface area (TPSA) is 49.3 Å². The molecule has 0 heterocycles. The minimum Gasteiger partial charge on any atom is -0.508 e. The summed E-state index contributed by atoms with van der Waals surface area (Å²) < 4.78 is 13.5. The Morgan fingerprint density at radius 2 is 1.89 bits per heavy atom. The van der Waals surface area contributed by atoms with Crippen molar-refractivity contribution in [2.45, 2.75) is 6.54 Å². The molecule has 2 rings (SSSR count). The summed E-state index contributed by atoms with van der Waals surface area (Å²) in [7, 11) is 0. The molecule has 0 fully saturated rings. The van der Waals surface area contributed by atoms with Crippen molar-refractivity contribution in [3.05, 3.63) is 64.4 Å². The third-order valence-electron chi connectivity index (χ3n) is 2.58. The van der Waals surface area contributed by atoms with Crippen LogP contribution >= 0.6 is 11.6 Å². The van der Waals surface area contributed by atoms with Gasteiger partial charge in [-0.3, -0.25) is 4.79 Å². The van der Waals surface area contributed by atoms with Crippen molar-refractivity contribution < 1.29 is 14.3 Å². The molecule has 0 bridgehead atoms. The highest BCUT2D eigenvalue weighted by Crippen LogP contribution is 2.19. The number of benzene rings is 2. The Kier molecular flexibility index (Phi) is 4.02. The number of hydrogen-bond acceptors (Lipinski definition) is 2. The number of aromatic hydroxyl groups is 1. The fourth-order valence-corrected chi connectivity index (χ4v) is 1.85. The number of phenols is 1. The van der Waals surface area contributed by atoms with E-state index in [0.29, 0.717) is 0 Å². The van der Waals surface area contributed by atoms with Crippen molar-refractivity contribution >= 4 is 17.5 Å².